The van der Waals surface area contributed by atoms with Gasteiger partial charge >= 0.3 is 0 Å². The molecule has 2 aromatic rings. The molecular formula is C17H23N3S. The first kappa shape index (κ1) is 16.0. The van der Waals surface area contributed by atoms with Crippen LogP contribution in [0.4, 0.5) is 0 Å². The molecule has 0 aliphatic rings. The molecule has 2 N–H and O–H groups in total. The number of rotatable bonds is 5. The molecule has 0 amide bonds. The highest BCUT2D eigenvalue weighted by Crippen LogP contribution is 2.29. The molecule has 0 bridgehead atoms. The highest BCUT2D eigenvalue weighted by molar-refractivity contribution is 7.99. The van der Waals surface area contributed by atoms with E-state index in [9.17, 15) is 0 Å². The standard InChI is InChI=1S/C17H23N3S/c1-5-14-6-8-15(9-7-14)16(18)13(4)21-17-19-11(2)10-12(3)20-17/h6-10,13,16H,5,18H2,1-4H3. The van der Waals surface area contributed by atoms with Crippen molar-refractivity contribution < 1.29 is 0 Å². The lowest BCUT2D eigenvalue weighted by atomic mass is 10.0. The zero-order chi connectivity index (χ0) is 15.4. The number of hydrogen-bond acceptors (Lipinski definition) is 4. The third-order valence-corrected chi connectivity index (χ3v) is 4.59. The van der Waals surface area contributed by atoms with Gasteiger partial charge < -0.3 is 5.73 Å². The average Bonchev–Trinajstić information content (AvgIpc) is 2.45. The third-order valence-electron chi connectivity index (χ3n) is 3.53. The summed E-state index contributed by atoms with van der Waals surface area (Å²) in [6.07, 6.45) is 1.05. The van der Waals surface area contributed by atoms with Gasteiger partial charge in [0.2, 0.25) is 0 Å². The maximum absolute atomic E-state index is 6.38. The average molecular weight is 301 g/mol. The maximum Gasteiger partial charge on any atom is 0.188 e. The summed E-state index contributed by atoms with van der Waals surface area (Å²) in [6.45, 7) is 8.27. The molecule has 0 fully saturated rings. The summed E-state index contributed by atoms with van der Waals surface area (Å²) in [5.41, 5.74) is 10.9. The molecule has 2 unspecified atom stereocenters. The van der Waals surface area contributed by atoms with Gasteiger partial charge in [-0.25, -0.2) is 9.97 Å². The van der Waals surface area contributed by atoms with Crippen molar-refractivity contribution in [2.24, 2.45) is 5.73 Å². The van der Waals surface area contributed by atoms with Gasteiger partial charge in [0.15, 0.2) is 5.16 Å². The fourth-order valence-corrected chi connectivity index (χ4v) is 3.26. The molecule has 0 saturated heterocycles. The highest BCUT2D eigenvalue weighted by atomic mass is 32.2. The minimum atomic E-state index is -0.0228. The molecule has 0 saturated carbocycles. The van der Waals surface area contributed by atoms with Crippen molar-refractivity contribution in [3.8, 4) is 0 Å². The van der Waals surface area contributed by atoms with Gasteiger partial charge in [-0.3, -0.25) is 0 Å². The zero-order valence-electron chi connectivity index (χ0n) is 13.1. The molecule has 112 valence electrons. The molecule has 2 atom stereocenters. The molecule has 0 spiro atoms. The normalized spacial score (nSPS) is 14.0. The molecule has 0 aliphatic heterocycles. The van der Waals surface area contributed by atoms with Gasteiger partial charge in [-0.15, -0.1) is 0 Å². The van der Waals surface area contributed by atoms with Crippen LogP contribution in [-0.2, 0) is 6.42 Å². The Labute approximate surface area is 131 Å². The molecule has 1 heterocycles. The molecule has 0 radical (unpaired) electrons. The number of nitrogens with zero attached hydrogens (tertiary/aromatic N) is 2. The van der Waals surface area contributed by atoms with E-state index in [2.05, 4.69) is 48.1 Å². The van der Waals surface area contributed by atoms with Crippen molar-refractivity contribution in [1.29, 1.82) is 0 Å². The van der Waals surface area contributed by atoms with E-state index in [1.165, 1.54) is 5.56 Å². The van der Waals surface area contributed by atoms with Crippen LogP contribution in [0.1, 0.15) is 42.4 Å². The number of benzene rings is 1. The van der Waals surface area contributed by atoms with Gasteiger partial charge in [0, 0.05) is 22.7 Å². The fourth-order valence-electron chi connectivity index (χ4n) is 2.23. The third kappa shape index (κ3) is 4.29. The van der Waals surface area contributed by atoms with Crippen LogP contribution < -0.4 is 5.73 Å². The summed E-state index contributed by atoms with van der Waals surface area (Å²) in [6, 6.07) is 10.5. The van der Waals surface area contributed by atoms with Gasteiger partial charge in [-0.1, -0.05) is 49.9 Å². The quantitative estimate of drug-likeness (QED) is 0.673. The molecule has 1 aromatic heterocycles. The Morgan fingerprint density at radius 2 is 1.67 bits per heavy atom. The number of aromatic nitrogens is 2. The zero-order valence-corrected chi connectivity index (χ0v) is 13.9. The lowest BCUT2D eigenvalue weighted by molar-refractivity contribution is 0.710. The minimum absolute atomic E-state index is 0.0228. The topological polar surface area (TPSA) is 51.8 Å². The molecule has 4 heteroatoms. The van der Waals surface area contributed by atoms with E-state index in [-0.39, 0.29) is 11.3 Å². The van der Waals surface area contributed by atoms with E-state index in [0.717, 1.165) is 28.5 Å². The lowest BCUT2D eigenvalue weighted by Gasteiger charge is -2.19. The summed E-state index contributed by atoms with van der Waals surface area (Å²) in [5.74, 6) is 0. The van der Waals surface area contributed by atoms with Crippen molar-refractivity contribution in [2.75, 3.05) is 0 Å². The molecule has 1 aromatic carbocycles. The second kappa shape index (κ2) is 7.05. The van der Waals surface area contributed by atoms with Gasteiger partial charge in [0.05, 0.1) is 0 Å². The van der Waals surface area contributed by atoms with Crippen LogP contribution in [-0.4, -0.2) is 15.2 Å². The molecule has 21 heavy (non-hydrogen) atoms. The van der Waals surface area contributed by atoms with Crippen LogP contribution in [0, 0.1) is 13.8 Å². The minimum Gasteiger partial charge on any atom is -0.323 e. The Bertz CT molecular complexity index is 575. The summed E-state index contributed by atoms with van der Waals surface area (Å²) in [5, 5.41) is 1.03. The number of hydrogen-bond donors (Lipinski definition) is 1. The van der Waals surface area contributed by atoms with E-state index >= 15 is 0 Å². The second-order valence-corrected chi connectivity index (χ2v) is 6.72. The first-order valence-corrected chi connectivity index (χ1v) is 8.21. The van der Waals surface area contributed by atoms with Gasteiger partial charge in [0.1, 0.15) is 0 Å². The van der Waals surface area contributed by atoms with Crippen LogP contribution in [0.25, 0.3) is 0 Å². The van der Waals surface area contributed by atoms with Crippen LogP contribution in [0.3, 0.4) is 0 Å². The Balaban J connectivity index is 2.09. The van der Waals surface area contributed by atoms with E-state index in [0.29, 0.717) is 0 Å². The lowest BCUT2D eigenvalue weighted by Crippen LogP contribution is -2.21. The predicted octanol–water partition coefficient (Wildman–Crippen LogP) is 3.84. The van der Waals surface area contributed by atoms with Crippen LogP contribution in [0.15, 0.2) is 35.5 Å². The summed E-state index contributed by atoms with van der Waals surface area (Å²) in [7, 11) is 0. The van der Waals surface area contributed by atoms with Crippen LogP contribution in [0.5, 0.6) is 0 Å². The summed E-state index contributed by atoms with van der Waals surface area (Å²) >= 11 is 1.64. The Hall–Kier alpha value is -1.39. The Kier molecular flexibility index (Phi) is 5.37. The second-order valence-electron chi connectivity index (χ2n) is 5.38. The van der Waals surface area contributed by atoms with Gasteiger partial charge in [-0.2, -0.15) is 0 Å². The molecule has 0 aliphatic carbocycles. The SMILES string of the molecule is CCc1ccc(C(N)C(C)Sc2nc(C)cc(C)n2)cc1. The smallest absolute Gasteiger partial charge is 0.188 e. The van der Waals surface area contributed by atoms with E-state index in [1.807, 2.05) is 19.9 Å². The van der Waals surface area contributed by atoms with Crippen molar-refractivity contribution in [2.45, 2.75) is 50.6 Å². The number of thioether (sulfide) groups is 1. The van der Waals surface area contributed by atoms with Crippen molar-refractivity contribution in [3.05, 3.63) is 52.8 Å². The maximum atomic E-state index is 6.38. The number of aryl methyl sites for hydroxylation is 3. The van der Waals surface area contributed by atoms with Gasteiger partial charge in [-0.05, 0) is 37.5 Å². The monoisotopic (exact) mass is 301 g/mol. The summed E-state index contributed by atoms with van der Waals surface area (Å²) in [4.78, 5) is 8.95. The Morgan fingerprint density at radius 1 is 1.10 bits per heavy atom. The van der Waals surface area contributed by atoms with Crippen LogP contribution >= 0.6 is 11.8 Å². The van der Waals surface area contributed by atoms with E-state index < -0.39 is 0 Å². The predicted molar refractivity (Wildman–Crippen MR) is 89.6 cm³/mol. The number of nitrogens with two attached hydrogens (primary N) is 1. The van der Waals surface area contributed by atoms with Crippen molar-refractivity contribution >= 4 is 11.8 Å². The Morgan fingerprint density at radius 3 is 2.19 bits per heavy atom. The first-order valence-electron chi connectivity index (χ1n) is 7.33. The van der Waals surface area contributed by atoms with Crippen molar-refractivity contribution in [3.63, 3.8) is 0 Å². The fraction of sp³-hybridized carbons (Fsp3) is 0.412. The molecular weight excluding hydrogens is 278 g/mol. The summed E-state index contributed by atoms with van der Waals surface area (Å²) < 4.78 is 0. The van der Waals surface area contributed by atoms with Crippen molar-refractivity contribution in [1.82, 2.24) is 9.97 Å². The van der Waals surface area contributed by atoms with Gasteiger partial charge in [0.25, 0.3) is 0 Å². The molecule has 3 nitrogen and oxygen atoms in total. The van der Waals surface area contributed by atoms with Crippen LogP contribution in [0.2, 0.25) is 0 Å². The largest absolute Gasteiger partial charge is 0.323 e. The first-order chi connectivity index (χ1) is 9.99. The highest BCUT2D eigenvalue weighted by Gasteiger charge is 2.17. The van der Waals surface area contributed by atoms with E-state index in [4.69, 9.17) is 5.73 Å². The molecule has 2 rings (SSSR count). The van der Waals surface area contributed by atoms with E-state index in [1.54, 1.807) is 11.8 Å².